The van der Waals surface area contributed by atoms with Crippen LogP contribution in [0.15, 0.2) is 0 Å². The fourth-order valence-electron chi connectivity index (χ4n) is 2.64. The highest BCUT2D eigenvalue weighted by Crippen LogP contribution is 2.14. The third kappa shape index (κ3) is 5.84. The van der Waals surface area contributed by atoms with Crippen molar-refractivity contribution in [2.45, 2.75) is 51.1 Å². The van der Waals surface area contributed by atoms with E-state index >= 15 is 0 Å². The summed E-state index contributed by atoms with van der Waals surface area (Å²) in [5.74, 6) is 0. The van der Waals surface area contributed by atoms with Crippen molar-refractivity contribution in [2.24, 2.45) is 0 Å². The van der Waals surface area contributed by atoms with Crippen LogP contribution in [0.25, 0.3) is 0 Å². The molecule has 0 aromatic carbocycles. The van der Waals surface area contributed by atoms with Crippen molar-refractivity contribution < 1.29 is 0 Å². The van der Waals surface area contributed by atoms with Crippen LogP contribution in [0.1, 0.15) is 39.0 Å². The molecule has 1 heterocycles. The Morgan fingerprint density at radius 1 is 1.41 bits per heavy atom. The Kier molecular flexibility index (Phi) is 7.09. The Balaban J connectivity index is 2.09. The van der Waals surface area contributed by atoms with Crippen LogP contribution in [0.4, 0.5) is 0 Å². The number of nitrogens with one attached hydrogen (secondary N) is 1. The van der Waals surface area contributed by atoms with Gasteiger partial charge in [0, 0.05) is 18.6 Å². The molecule has 0 bridgehead atoms. The molecule has 0 radical (unpaired) electrons. The molecule has 1 rings (SSSR count). The standard InChI is InChI=1S/C14H31N3/c1-13(15-2)8-5-6-11-17(4)14-9-7-10-16(3)12-14/h13-15H,5-12H2,1-4H3. The normalized spacial score (nSPS) is 24.2. The van der Waals surface area contributed by atoms with Crippen LogP contribution in [-0.4, -0.2) is 62.7 Å². The first-order valence-corrected chi connectivity index (χ1v) is 7.19. The highest BCUT2D eigenvalue weighted by Gasteiger charge is 2.20. The molecule has 0 saturated carbocycles. The summed E-state index contributed by atoms with van der Waals surface area (Å²) in [7, 11) is 6.59. The molecule has 102 valence electrons. The van der Waals surface area contributed by atoms with Crippen molar-refractivity contribution in [1.29, 1.82) is 0 Å². The molecule has 0 aliphatic carbocycles. The lowest BCUT2D eigenvalue weighted by atomic mass is 10.0. The van der Waals surface area contributed by atoms with Gasteiger partial charge in [-0.1, -0.05) is 6.42 Å². The largest absolute Gasteiger partial charge is 0.317 e. The van der Waals surface area contributed by atoms with E-state index in [4.69, 9.17) is 0 Å². The van der Waals surface area contributed by atoms with Gasteiger partial charge in [-0.05, 0) is 66.8 Å². The summed E-state index contributed by atoms with van der Waals surface area (Å²) in [6.45, 7) is 6.06. The molecule has 0 aromatic rings. The van der Waals surface area contributed by atoms with Crippen molar-refractivity contribution in [3.63, 3.8) is 0 Å². The number of hydrogen-bond donors (Lipinski definition) is 1. The Hall–Kier alpha value is -0.120. The van der Waals surface area contributed by atoms with E-state index in [1.54, 1.807) is 0 Å². The molecule has 1 N–H and O–H groups in total. The van der Waals surface area contributed by atoms with Gasteiger partial charge < -0.3 is 15.1 Å². The molecule has 1 aliphatic heterocycles. The first kappa shape index (κ1) is 14.9. The third-order valence-corrected chi connectivity index (χ3v) is 4.11. The highest BCUT2D eigenvalue weighted by molar-refractivity contribution is 4.77. The lowest BCUT2D eigenvalue weighted by Gasteiger charge is -2.35. The SMILES string of the molecule is CNC(C)CCCCN(C)C1CCCN(C)C1. The summed E-state index contributed by atoms with van der Waals surface area (Å²) in [5.41, 5.74) is 0. The maximum Gasteiger partial charge on any atom is 0.0220 e. The molecular weight excluding hydrogens is 210 g/mol. The van der Waals surface area contributed by atoms with Gasteiger partial charge in [-0.3, -0.25) is 0 Å². The van der Waals surface area contributed by atoms with Crippen molar-refractivity contribution in [3.05, 3.63) is 0 Å². The second-order valence-corrected chi connectivity index (χ2v) is 5.72. The molecule has 17 heavy (non-hydrogen) atoms. The number of nitrogens with zero attached hydrogens (tertiary/aromatic N) is 2. The molecule has 1 aliphatic rings. The fourth-order valence-corrected chi connectivity index (χ4v) is 2.64. The van der Waals surface area contributed by atoms with Crippen molar-refractivity contribution in [1.82, 2.24) is 15.1 Å². The molecule has 2 atom stereocenters. The summed E-state index contributed by atoms with van der Waals surface area (Å²) < 4.78 is 0. The summed E-state index contributed by atoms with van der Waals surface area (Å²) in [6, 6.07) is 1.46. The van der Waals surface area contributed by atoms with Crippen LogP contribution in [-0.2, 0) is 0 Å². The first-order chi connectivity index (χ1) is 8.13. The van der Waals surface area contributed by atoms with Gasteiger partial charge in [-0.15, -0.1) is 0 Å². The van der Waals surface area contributed by atoms with Gasteiger partial charge in [0.15, 0.2) is 0 Å². The lowest BCUT2D eigenvalue weighted by Crippen LogP contribution is -2.45. The number of likely N-dealkylation sites (tertiary alicyclic amines) is 1. The zero-order chi connectivity index (χ0) is 12.7. The number of likely N-dealkylation sites (N-methyl/N-ethyl adjacent to an activating group) is 2. The second kappa shape index (κ2) is 8.06. The molecule has 2 unspecified atom stereocenters. The van der Waals surface area contributed by atoms with E-state index in [1.165, 1.54) is 51.7 Å². The maximum atomic E-state index is 3.30. The monoisotopic (exact) mass is 241 g/mol. The topological polar surface area (TPSA) is 18.5 Å². The predicted molar refractivity (Wildman–Crippen MR) is 75.5 cm³/mol. The van der Waals surface area contributed by atoms with E-state index in [-0.39, 0.29) is 0 Å². The minimum atomic E-state index is 0.668. The van der Waals surface area contributed by atoms with Gasteiger partial charge in [0.1, 0.15) is 0 Å². The van der Waals surface area contributed by atoms with Gasteiger partial charge >= 0.3 is 0 Å². The average molecular weight is 241 g/mol. The van der Waals surface area contributed by atoms with Gasteiger partial charge in [0.25, 0.3) is 0 Å². The minimum absolute atomic E-state index is 0.668. The van der Waals surface area contributed by atoms with E-state index in [0.717, 1.165) is 6.04 Å². The number of rotatable bonds is 7. The zero-order valence-electron chi connectivity index (χ0n) is 12.2. The van der Waals surface area contributed by atoms with Crippen molar-refractivity contribution in [3.8, 4) is 0 Å². The number of piperidine rings is 1. The summed E-state index contributed by atoms with van der Waals surface area (Å²) >= 11 is 0. The predicted octanol–water partition coefficient (Wildman–Crippen LogP) is 1.79. The van der Waals surface area contributed by atoms with Gasteiger partial charge in [0.05, 0.1) is 0 Å². The number of unbranched alkanes of at least 4 members (excludes halogenated alkanes) is 1. The first-order valence-electron chi connectivity index (χ1n) is 7.19. The molecule has 1 saturated heterocycles. The lowest BCUT2D eigenvalue weighted by molar-refractivity contribution is 0.132. The molecule has 0 spiro atoms. The molecule has 0 amide bonds. The van der Waals surface area contributed by atoms with Gasteiger partial charge in [-0.2, -0.15) is 0 Å². The number of hydrogen-bond acceptors (Lipinski definition) is 3. The van der Waals surface area contributed by atoms with Crippen LogP contribution < -0.4 is 5.32 Å². The second-order valence-electron chi connectivity index (χ2n) is 5.72. The van der Waals surface area contributed by atoms with Crippen molar-refractivity contribution >= 4 is 0 Å². The zero-order valence-corrected chi connectivity index (χ0v) is 12.2. The Morgan fingerprint density at radius 3 is 2.82 bits per heavy atom. The van der Waals surface area contributed by atoms with Crippen LogP contribution in [0.2, 0.25) is 0 Å². The summed E-state index contributed by atoms with van der Waals surface area (Å²) in [6.07, 6.45) is 6.72. The van der Waals surface area contributed by atoms with E-state index < -0.39 is 0 Å². The van der Waals surface area contributed by atoms with E-state index in [9.17, 15) is 0 Å². The smallest absolute Gasteiger partial charge is 0.0220 e. The van der Waals surface area contributed by atoms with Crippen LogP contribution in [0.5, 0.6) is 0 Å². The Bertz CT molecular complexity index is 196. The van der Waals surface area contributed by atoms with E-state index in [0.29, 0.717) is 6.04 Å². The molecule has 3 nitrogen and oxygen atoms in total. The summed E-state index contributed by atoms with van der Waals surface area (Å²) in [5, 5.41) is 3.30. The molecule has 3 heteroatoms. The summed E-state index contributed by atoms with van der Waals surface area (Å²) in [4.78, 5) is 5.04. The molecule has 1 fully saturated rings. The maximum absolute atomic E-state index is 3.30. The van der Waals surface area contributed by atoms with Crippen LogP contribution >= 0.6 is 0 Å². The van der Waals surface area contributed by atoms with E-state index in [1.807, 2.05) is 0 Å². The third-order valence-electron chi connectivity index (χ3n) is 4.11. The minimum Gasteiger partial charge on any atom is -0.317 e. The fraction of sp³-hybridized carbons (Fsp3) is 1.00. The van der Waals surface area contributed by atoms with Crippen LogP contribution in [0.3, 0.4) is 0 Å². The average Bonchev–Trinajstić information content (AvgIpc) is 2.34. The van der Waals surface area contributed by atoms with E-state index in [2.05, 4.69) is 43.2 Å². The Labute approximate surface area is 108 Å². The van der Waals surface area contributed by atoms with Gasteiger partial charge in [0.2, 0.25) is 0 Å². The quantitative estimate of drug-likeness (QED) is 0.686. The highest BCUT2D eigenvalue weighted by atomic mass is 15.2. The Morgan fingerprint density at radius 2 is 2.18 bits per heavy atom. The van der Waals surface area contributed by atoms with Gasteiger partial charge in [-0.25, -0.2) is 0 Å². The molecular formula is C14H31N3. The van der Waals surface area contributed by atoms with Crippen LogP contribution in [0, 0.1) is 0 Å². The molecule has 0 aromatic heterocycles. The van der Waals surface area contributed by atoms with Crippen molar-refractivity contribution in [2.75, 3.05) is 40.8 Å².